The fraction of sp³-hybridized carbons (Fsp3) is 0.647. The van der Waals surface area contributed by atoms with Crippen LogP contribution in [0.25, 0.3) is 0 Å². The second-order valence-corrected chi connectivity index (χ2v) is 5.76. The van der Waals surface area contributed by atoms with Crippen molar-refractivity contribution in [1.82, 2.24) is 4.90 Å². The molecule has 1 fully saturated rings. The van der Waals surface area contributed by atoms with Gasteiger partial charge in [0.2, 0.25) is 0 Å². The zero-order valence-electron chi connectivity index (χ0n) is 13.4. The van der Waals surface area contributed by atoms with Gasteiger partial charge in [0.15, 0.2) is 0 Å². The molecule has 1 heterocycles. The summed E-state index contributed by atoms with van der Waals surface area (Å²) in [4.78, 5) is 4.67. The summed E-state index contributed by atoms with van der Waals surface area (Å²) in [7, 11) is 0. The van der Waals surface area contributed by atoms with Gasteiger partial charge in [-0.3, -0.25) is 0 Å². The molecule has 0 saturated carbocycles. The molecule has 1 unspecified atom stereocenters. The number of hydrogen-bond donors (Lipinski definition) is 2. The lowest BCUT2D eigenvalue weighted by Crippen LogP contribution is -2.34. The minimum absolute atomic E-state index is 0.300. The molecule has 0 radical (unpaired) electrons. The van der Waals surface area contributed by atoms with Crippen molar-refractivity contribution in [3.05, 3.63) is 24.3 Å². The normalized spacial score (nSPS) is 16.9. The molecule has 0 spiro atoms. The molecule has 2 rings (SSSR count). The van der Waals surface area contributed by atoms with E-state index in [4.69, 9.17) is 0 Å². The predicted octanol–water partition coefficient (Wildman–Crippen LogP) is 2.40. The van der Waals surface area contributed by atoms with Crippen molar-refractivity contribution in [3.8, 4) is 0 Å². The van der Waals surface area contributed by atoms with Gasteiger partial charge in [0.05, 0.1) is 6.10 Å². The van der Waals surface area contributed by atoms with E-state index in [1.807, 2.05) is 0 Å². The smallest absolute Gasteiger partial charge is 0.0839 e. The first kappa shape index (κ1) is 16.1. The van der Waals surface area contributed by atoms with Gasteiger partial charge in [0.1, 0.15) is 0 Å². The van der Waals surface area contributed by atoms with Crippen LogP contribution in [0.1, 0.15) is 26.7 Å². The molecule has 21 heavy (non-hydrogen) atoms. The van der Waals surface area contributed by atoms with Crippen LogP contribution in [0.2, 0.25) is 0 Å². The molecule has 0 aliphatic carbocycles. The van der Waals surface area contributed by atoms with Crippen molar-refractivity contribution >= 4 is 11.4 Å². The van der Waals surface area contributed by atoms with Crippen molar-refractivity contribution in [2.75, 3.05) is 49.5 Å². The fourth-order valence-electron chi connectivity index (χ4n) is 2.94. The first-order valence-corrected chi connectivity index (χ1v) is 8.22. The van der Waals surface area contributed by atoms with Gasteiger partial charge in [-0.05, 0) is 64.0 Å². The van der Waals surface area contributed by atoms with E-state index in [9.17, 15) is 5.11 Å². The Labute approximate surface area is 128 Å². The van der Waals surface area contributed by atoms with Gasteiger partial charge >= 0.3 is 0 Å². The summed E-state index contributed by atoms with van der Waals surface area (Å²) >= 11 is 0. The lowest BCUT2D eigenvalue weighted by Gasteiger charge is -2.22. The van der Waals surface area contributed by atoms with Crippen molar-refractivity contribution < 1.29 is 5.11 Å². The summed E-state index contributed by atoms with van der Waals surface area (Å²) in [5.41, 5.74) is 2.33. The number of anilines is 2. The Balaban J connectivity index is 1.77. The number of benzene rings is 1. The summed E-state index contributed by atoms with van der Waals surface area (Å²) in [6.07, 6.45) is 2.24. The quantitative estimate of drug-likeness (QED) is 0.771. The number of likely N-dealkylation sites (tertiary alicyclic amines) is 1. The van der Waals surface area contributed by atoms with Crippen molar-refractivity contribution in [2.24, 2.45) is 0 Å². The van der Waals surface area contributed by atoms with E-state index in [0.717, 1.165) is 38.4 Å². The minimum Gasteiger partial charge on any atom is -0.390 e. The molecule has 1 saturated heterocycles. The van der Waals surface area contributed by atoms with Gasteiger partial charge in [0, 0.05) is 37.6 Å². The molecule has 0 amide bonds. The van der Waals surface area contributed by atoms with E-state index in [0.29, 0.717) is 6.54 Å². The van der Waals surface area contributed by atoms with E-state index in [2.05, 4.69) is 53.2 Å². The zero-order valence-corrected chi connectivity index (χ0v) is 13.4. The predicted molar refractivity (Wildman–Crippen MR) is 90.2 cm³/mol. The summed E-state index contributed by atoms with van der Waals surface area (Å²) in [5, 5.41) is 13.4. The topological polar surface area (TPSA) is 38.7 Å². The van der Waals surface area contributed by atoms with Crippen LogP contribution in [0.3, 0.4) is 0 Å². The van der Waals surface area contributed by atoms with Gasteiger partial charge in [-0.15, -0.1) is 0 Å². The number of hydrogen-bond acceptors (Lipinski definition) is 4. The van der Waals surface area contributed by atoms with E-state index in [1.54, 1.807) is 0 Å². The molecule has 1 aromatic carbocycles. The molecule has 118 valence electrons. The maximum Gasteiger partial charge on any atom is 0.0839 e. The maximum absolute atomic E-state index is 10.1. The lowest BCUT2D eigenvalue weighted by molar-refractivity contribution is 0.135. The van der Waals surface area contributed by atoms with Crippen LogP contribution < -0.4 is 10.2 Å². The monoisotopic (exact) mass is 291 g/mol. The molecule has 0 aromatic heterocycles. The van der Waals surface area contributed by atoms with Crippen LogP contribution in [-0.2, 0) is 0 Å². The zero-order chi connectivity index (χ0) is 15.1. The van der Waals surface area contributed by atoms with Crippen LogP contribution in [0.5, 0.6) is 0 Å². The third-order valence-corrected chi connectivity index (χ3v) is 4.21. The molecule has 2 N–H and O–H groups in total. The highest BCUT2D eigenvalue weighted by atomic mass is 16.3. The Morgan fingerprint density at radius 2 is 1.76 bits per heavy atom. The second-order valence-electron chi connectivity index (χ2n) is 5.76. The SMILES string of the molecule is CCN(CC)c1ccc(NCC(O)CN2CCCC2)cc1. The van der Waals surface area contributed by atoms with Crippen molar-refractivity contribution in [3.63, 3.8) is 0 Å². The Kier molecular flexibility index (Phi) is 6.33. The highest BCUT2D eigenvalue weighted by molar-refractivity contribution is 5.55. The number of nitrogens with one attached hydrogen (secondary N) is 1. The van der Waals surface area contributed by atoms with Crippen molar-refractivity contribution in [2.45, 2.75) is 32.8 Å². The molecule has 1 aliphatic rings. The number of β-amino-alcohol motifs (C(OH)–C–C–N with tert-alkyl or cyclic N) is 1. The van der Waals surface area contributed by atoms with E-state index in [-0.39, 0.29) is 6.10 Å². The highest BCUT2D eigenvalue weighted by Crippen LogP contribution is 2.17. The van der Waals surface area contributed by atoms with Gasteiger partial charge in [-0.1, -0.05) is 0 Å². The van der Waals surface area contributed by atoms with E-state index >= 15 is 0 Å². The van der Waals surface area contributed by atoms with Gasteiger partial charge in [-0.2, -0.15) is 0 Å². The maximum atomic E-state index is 10.1. The molecule has 4 heteroatoms. The molecule has 0 bridgehead atoms. The third kappa shape index (κ3) is 4.90. The number of rotatable bonds is 8. The molecular weight excluding hydrogens is 262 g/mol. The van der Waals surface area contributed by atoms with Crippen LogP contribution in [0.4, 0.5) is 11.4 Å². The molecule has 1 aliphatic heterocycles. The van der Waals surface area contributed by atoms with Crippen LogP contribution in [-0.4, -0.2) is 55.4 Å². The molecule has 1 atom stereocenters. The minimum atomic E-state index is -0.300. The van der Waals surface area contributed by atoms with Crippen molar-refractivity contribution in [1.29, 1.82) is 0 Å². The Morgan fingerprint density at radius 1 is 1.14 bits per heavy atom. The number of aliphatic hydroxyl groups excluding tert-OH is 1. The van der Waals surface area contributed by atoms with E-state index < -0.39 is 0 Å². The average Bonchev–Trinajstić information content (AvgIpc) is 3.00. The number of nitrogens with zero attached hydrogens (tertiary/aromatic N) is 2. The Bertz CT molecular complexity index is 397. The van der Waals surface area contributed by atoms with Gasteiger partial charge in [-0.25, -0.2) is 0 Å². The highest BCUT2D eigenvalue weighted by Gasteiger charge is 2.15. The first-order valence-electron chi connectivity index (χ1n) is 8.22. The van der Waals surface area contributed by atoms with E-state index in [1.165, 1.54) is 18.5 Å². The summed E-state index contributed by atoms with van der Waals surface area (Å²) in [5.74, 6) is 0. The molecular formula is C17H29N3O. The lowest BCUT2D eigenvalue weighted by atomic mass is 10.2. The number of aliphatic hydroxyl groups is 1. The Morgan fingerprint density at radius 3 is 2.33 bits per heavy atom. The summed E-state index contributed by atoms with van der Waals surface area (Å²) in [6, 6.07) is 8.47. The third-order valence-electron chi connectivity index (χ3n) is 4.21. The summed E-state index contributed by atoms with van der Waals surface area (Å²) in [6.45, 7) is 10.1. The van der Waals surface area contributed by atoms with Gasteiger partial charge in [0.25, 0.3) is 0 Å². The second kappa shape index (κ2) is 8.25. The van der Waals surface area contributed by atoms with Crippen LogP contribution in [0.15, 0.2) is 24.3 Å². The van der Waals surface area contributed by atoms with Crippen LogP contribution in [0, 0.1) is 0 Å². The standard InChI is InChI=1S/C17H29N3O/c1-3-20(4-2)16-9-7-15(8-10-16)18-13-17(21)14-19-11-5-6-12-19/h7-10,17-18,21H,3-6,11-14H2,1-2H3. The fourth-order valence-corrected chi connectivity index (χ4v) is 2.94. The van der Waals surface area contributed by atoms with Crippen LogP contribution >= 0.6 is 0 Å². The largest absolute Gasteiger partial charge is 0.390 e. The van der Waals surface area contributed by atoms with Gasteiger partial charge < -0.3 is 20.2 Å². The summed E-state index contributed by atoms with van der Waals surface area (Å²) < 4.78 is 0. The Hall–Kier alpha value is -1.26. The first-order chi connectivity index (χ1) is 10.2. The average molecular weight is 291 g/mol. The molecule has 4 nitrogen and oxygen atoms in total. The molecule has 1 aromatic rings.